The van der Waals surface area contributed by atoms with E-state index in [4.69, 9.17) is 10.5 Å². The van der Waals surface area contributed by atoms with Crippen molar-refractivity contribution in [2.24, 2.45) is 5.92 Å². The van der Waals surface area contributed by atoms with Gasteiger partial charge in [0.1, 0.15) is 0 Å². The van der Waals surface area contributed by atoms with Crippen LogP contribution in [0.1, 0.15) is 31.1 Å². The van der Waals surface area contributed by atoms with E-state index in [1.807, 2.05) is 6.92 Å². The van der Waals surface area contributed by atoms with Gasteiger partial charge in [0.05, 0.1) is 18.2 Å². The molecule has 0 saturated carbocycles. The van der Waals surface area contributed by atoms with Crippen LogP contribution < -0.4 is 11.1 Å². The van der Waals surface area contributed by atoms with Crippen LogP contribution in [0.3, 0.4) is 0 Å². The Morgan fingerprint density at radius 3 is 2.74 bits per heavy atom. The van der Waals surface area contributed by atoms with E-state index < -0.39 is 0 Å². The topological polar surface area (TPSA) is 64.3 Å². The van der Waals surface area contributed by atoms with Crippen LogP contribution in [0.15, 0.2) is 22.7 Å². The molecule has 4 nitrogen and oxygen atoms in total. The summed E-state index contributed by atoms with van der Waals surface area (Å²) in [5.41, 5.74) is 6.82. The molecule has 0 fully saturated rings. The number of carbonyl (C=O) groups is 1. The molecule has 0 saturated heterocycles. The molecule has 1 atom stereocenters. The van der Waals surface area contributed by atoms with Gasteiger partial charge in [0, 0.05) is 16.8 Å². The van der Waals surface area contributed by atoms with Crippen molar-refractivity contribution in [3.63, 3.8) is 0 Å². The van der Waals surface area contributed by atoms with Crippen LogP contribution in [-0.2, 0) is 4.74 Å². The monoisotopic (exact) mass is 328 g/mol. The molecule has 3 N–H and O–H groups in total. The first kappa shape index (κ1) is 16.0. The van der Waals surface area contributed by atoms with Crippen molar-refractivity contribution in [1.29, 1.82) is 0 Å². The molecule has 5 heteroatoms. The first-order valence-corrected chi connectivity index (χ1v) is 7.18. The molecular formula is C14H21BrN2O2. The Kier molecular flexibility index (Phi) is 6.31. The molecule has 1 aromatic rings. The number of benzene rings is 1. The summed E-state index contributed by atoms with van der Waals surface area (Å²) in [5.74, 6) is 0.160. The highest BCUT2D eigenvalue weighted by atomic mass is 79.9. The normalized spacial score (nSPS) is 12.5. The third kappa shape index (κ3) is 4.84. The van der Waals surface area contributed by atoms with E-state index >= 15 is 0 Å². The summed E-state index contributed by atoms with van der Waals surface area (Å²) in [7, 11) is 0. The Labute approximate surface area is 122 Å². The van der Waals surface area contributed by atoms with Gasteiger partial charge in [-0.15, -0.1) is 0 Å². The molecule has 0 spiro atoms. The van der Waals surface area contributed by atoms with E-state index in [-0.39, 0.29) is 11.9 Å². The molecule has 1 aromatic carbocycles. The highest BCUT2D eigenvalue weighted by Gasteiger charge is 2.18. The molecule has 0 heterocycles. The van der Waals surface area contributed by atoms with Crippen LogP contribution in [0.25, 0.3) is 0 Å². The van der Waals surface area contributed by atoms with Crippen LogP contribution >= 0.6 is 15.9 Å². The third-order valence-electron chi connectivity index (χ3n) is 2.86. The second-order valence-corrected chi connectivity index (χ2v) is 5.58. The van der Waals surface area contributed by atoms with Crippen molar-refractivity contribution in [2.45, 2.75) is 26.8 Å². The fraction of sp³-hybridized carbons (Fsp3) is 0.500. The van der Waals surface area contributed by atoms with Crippen LogP contribution in [0.4, 0.5) is 5.69 Å². The van der Waals surface area contributed by atoms with Gasteiger partial charge in [-0.25, -0.2) is 0 Å². The summed E-state index contributed by atoms with van der Waals surface area (Å²) < 4.78 is 6.13. The maximum absolute atomic E-state index is 12.2. The van der Waals surface area contributed by atoms with Gasteiger partial charge in [0.2, 0.25) is 0 Å². The van der Waals surface area contributed by atoms with E-state index in [2.05, 4.69) is 35.1 Å². The lowest BCUT2D eigenvalue weighted by molar-refractivity contribution is 0.0805. The number of hydrogen-bond donors (Lipinski definition) is 2. The maximum Gasteiger partial charge on any atom is 0.252 e. The maximum atomic E-state index is 12.2. The summed E-state index contributed by atoms with van der Waals surface area (Å²) in [6.07, 6.45) is 0. The number of nitrogen functional groups attached to an aromatic ring is 1. The van der Waals surface area contributed by atoms with Crippen molar-refractivity contribution in [1.82, 2.24) is 5.32 Å². The quantitative estimate of drug-likeness (QED) is 0.789. The van der Waals surface area contributed by atoms with Gasteiger partial charge in [-0.05, 0) is 47.0 Å². The lowest BCUT2D eigenvalue weighted by Crippen LogP contribution is -2.42. The minimum absolute atomic E-state index is 0.0132. The molecule has 106 valence electrons. The first-order chi connectivity index (χ1) is 8.95. The summed E-state index contributed by atoms with van der Waals surface area (Å²) in [6, 6.07) is 5.18. The predicted octanol–water partition coefficient (Wildman–Crippen LogP) is 2.82. The van der Waals surface area contributed by atoms with Gasteiger partial charge in [-0.3, -0.25) is 4.79 Å². The standard InChI is InChI=1S/C14H21BrN2O2/c1-4-19-8-13(9(2)3)17-14(18)11-7-10(16)5-6-12(11)15/h5-7,9,13H,4,8,16H2,1-3H3,(H,17,18). The largest absolute Gasteiger partial charge is 0.399 e. The van der Waals surface area contributed by atoms with Crippen LogP contribution in [0.2, 0.25) is 0 Å². The Bertz CT molecular complexity index is 435. The van der Waals surface area contributed by atoms with Crippen LogP contribution in [-0.4, -0.2) is 25.2 Å². The second kappa shape index (κ2) is 7.50. The molecule has 19 heavy (non-hydrogen) atoms. The lowest BCUT2D eigenvalue weighted by Gasteiger charge is -2.22. The van der Waals surface area contributed by atoms with Crippen LogP contribution in [0, 0.1) is 5.92 Å². The smallest absolute Gasteiger partial charge is 0.252 e. The average molecular weight is 329 g/mol. The molecule has 0 aliphatic rings. The van der Waals surface area contributed by atoms with Gasteiger partial charge in [0.15, 0.2) is 0 Å². The first-order valence-electron chi connectivity index (χ1n) is 6.39. The zero-order valence-corrected chi connectivity index (χ0v) is 13.2. The molecule has 0 aliphatic heterocycles. The molecule has 0 radical (unpaired) electrons. The van der Waals surface area contributed by atoms with Crippen molar-refractivity contribution in [3.8, 4) is 0 Å². The van der Waals surface area contributed by atoms with Crippen LogP contribution in [0.5, 0.6) is 0 Å². The predicted molar refractivity (Wildman–Crippen MR) is 81.1 cm³/mol. The Hall–Kier alpha value is -1.07. The van der Waals surface area contributed by atoms with E-state index in [0.717, 1.165) is 4.47 Å². The third-order valence-corrected chi connectivity index (χ3v) is 3.55. The van der Waals surface area contributed by atoms with E-state index in [9.17, 15) is 4.79 Å². The number of ether oxygens (including phenoxy) is 1. The minimum Gasteiger partial charge on any atom is -0.399 e. The number of halogens is 1. The Morgan fingerprint density at radius 2 is 2.16 bits per heavy atom. The van der Waals surface area contributed by atoms with Crippen molar-refractivity contribution in [2.75, 3.05) is 18.9 Å². The summed E-state index contributed by atoms with van der Waals surface area (Å²) in [6.45, 7) is 7.20. The van der Waals surface area contributed by atoms with E-state index in [1.165, 1.54) is 0 Å². The lowest BCUT2D eigenvalue weighted by atomic mass is 10.0. The zero-order chi connectivity index (χ0) is 14.4. The summed E-state index contributed by atoms with van der Waals surface area (Å²) in [5, 5.41) is 2.99. The van der Waals surface area contributed by atoms with Crippen molar-refractivity contribution >= 4 is 27.5 Å². The summed E-state index contributed by atoms with van der Waals surface area (Å²) in [4.78, 5) is 12.2. The number of carbonyl (C=O) groups excluding carboxylic acids is 1. The van der Waals surface area contributed by atoms with Gasteiger partial charge < -0.3 is 15.8 Å². The van der Waals surface area contributed by atoms with Gasteiger partial charge in [0.25, 0.3) is 5.91 Å². The number of nitrogens with two attached hydrogens (primary N) is 1. The number of hydrogen-bond acceptors (Lipinski definition) is 3. The zero-order valence-electron chi connectivity index (χ0n) is 11.6. The highest BCUT2D eigenvalue weighted by molar-refractivity contribution is 9.10. The highest BCUT2D eigenvalue weighted by Crippen LogP contribution is 2.20. The molecule has 1 amide bonds. The number of rotatable bonds is 6. The van der Waals surface area contributed by atoms with Gasteiger partial charge in [-0.2, -0.15) is 0 Å². The Morgan fingerprint density at radius 1 is 1.47 bits per heavy atom. The fourth-order valence-electron chi connectivity index (χ4n) is 1.61. The summed E-state index contributed by atoms with van der Waals surface area (Å²) >= 11 is 3.36. The van der Waals surface area contributed by atoms with Gasteiger partial charge in [-0.1, -0.05) is 13.8 Å². The molecule has 0 bridgehead atoms. The van der Waals surface area contributed by atoms with E-state index in [0.29, 0.717) is 30.4 Å². The molecule has 1 unspecified atom stereocenters. The molecular weight excluding hydrogens is 308 g/mol. The average Bonchev–Trinajstić information content (AvgIpc) is 2.36. The SMILES string of the molecule is CCOCC(NC(=O)c1cc(N)ccc1Br)C(C)C. The molecule has 0 aromatic heterocycles. The van der Waals surface area contributed by atoms with E-state index in [1.54, 1.807) is 18.2 Å². The minimum atomic E-state index is -0.141. The number of nitrogens with one attached hydrogen (secondary N) is 1. The number of anilines is 1. The van der Waals surface area contributed by atoms with Crippen molar-refractivity contribution < 1.29 is 9.53 Å². The fourth-order valence-corrected chi connectivity index (χ4v) is 2.04. The second-order valence-electron chi connectivity index (χ2n) is 4.72. The van der Waals surface area contributed by atoms with Gasteiger partial charge >= 0.3 is 0 Å². The van der Waals surface area contributed by atoms with Crippen molar-refractivity contribution in [3.05, 3.63) is 28.2 Å². The number of amides is 1. The Balaban J connectivity index is 2.78. The molecule has 0 aliphatic carbocycles. The molecule has 1 rings (SSSR count).